The predicted molar refractivity (Wildman–Crippen MR) is 140 cm³/mol. The quantitative estimate of drug-likeness (QED) is 0.501. The Kier molecular flexibility index (Phi) is 6.80. The molecule has 1 spiro atoms. The molecule has 35 heavy (non-hydrogen) atoms. The summed E-state index contributed by atoms with van der Waals surface area (Å²) in [6, 6.07) is 19.4. The first-order chi connectivity index (χ1) is 17.0. The number of hydrogen-bond acceptors (Lipinski definition) is 3. The molecule has 3 fully saturated rings. The molecule has 0 unspecified atom stereocenters. The minimum absolute atomic E-state index is 0.0397. The van der Waals surface area contributed by atoms with Gasteiger partial charge in [0.15, 0.2) is 0 Å². The third-order valence-electron chi connectivity index (χ3n) is 9.18. The van der Waals surface area contributed by atoms with Crippen LogP contribution in [-0.2, 0) is 12.1 Å². The molecule has 2 saturated carbocycles. The van der Waals surface area contributed by atoms with Crippen LogP contribution in [0.1, 0.15) is 62.5 Å². The first-order valence-electron chi connectivity index (χ1n) is 13.4. The van der Waals surface area contributed by atoms with Crippen LogP contribution in [0.3, 0.4) is 0 Å². The fraction of sp³-hybridized carbons (Fsp3) is 0.567. The Labute approximate surface area is 211 Å². The largest absolute Gasteiger partial charge is 0.497 e. The number of hydrogen-bond donors (Lipinski definition) is 0. The summed E-state index contributed by atoms with van der Waals surface area (Å²) in [6.07, 6.45) is 9.42. The SMILES string of the molecule is COc1ccc(CN2C[C@]3(CC[C@@](c4ccccc4)(N(C)C)CC3)N(CC3CCCC3)C2=O)cc1. The average Bonchev–Trinajstić information content (AvgIpc) is 3.49. The maximum Gasteiger partial charge on any atom is 0.320 e. The lowest BCUT2D eigenvalue weighted by molar-refractivity contribution is 0.0203. The summed E-state index contributed by atoms with van der Waals surface area (Å²) in [7, 11) is 6.13. The van der Waals surface area contributed by atoms with E-state index in [2.05, 4.69) is 71.3 Å². The van der Waals surface area contributed by atoms with Crippen LogP contribution in [0, 0.1) is 5.92 Å². The van der Waals surface area contributed by atoms with E-state index in [-0.39, 0.29) is 17.1 Å². The number of amides is 2. The van der Waals surface area contributed by atoms with Crippen molar-refractivity contribution in [2.45, 2.75) is 69.0 Å². The molecular weight excluding hydrogens is 434 g/mol. The topological polar surface area (TPSA) is 36.0 Å². The van der Waals surface area contributed by atoms with Crippen molar-refractivity contribution in [2.75, 3.05) is 34.3 Å². The highest BCUT2D eigenvalue weighted by Gasteiger charge is 2.54. The molecule has 2 aromatic carbocycles. The zero-order valence-electron chi connectivity index (χ0n) is 21.7. The van der Waals surface area contributed by atoms with Gasteiger partial charge in [-0.15, -0.1) is 0 Å². The van der Waals surface area contributed by atoms with E-state index in [0.717, 1.165) is 44.5 Å². The normalized spacial score (nSPS) is 27.4. The van der Waals surface area contributed by atoms with E-state index >= 15 is 0 Å². The van der Waals surface area contributed by atoms with Gasteiger partial charge < -0.3 is 14.5 Å². The van der Waals surface area contributed by atoms with Gasteiger partial charge in [-0.3, -0.25) is 4.90 Å². The highest BCUT2D eigenvalue weighted by Crippen LogP contribution is 2.49. The molecule has 0 bridgehead atoms. The third-order valence-corrected chi connectivity index (χ3v) is 9.18. The van der Waals surface area contributed by atoms with Gasteiger partial charge in [0.2, 0.25) is 0 Å². The van der Waals surface area contributed by atoms with Crippen molar-refractivity contribution in [3.63, 3.8) is 0 Å². The molecule has 3 aliphatic rings. The second-order valence-electron chi connectivity index (χ2n) is 11.3. The van der Waals surface area contributed by atoms with E-state index in [1.165, 1.54) is 36.8 Å². The number of ether oxygens (including phenoxy) is 1. The molecular formula is C30H41N3O2. The third kappa shape index (κ3) is 4.55. The first-order valence-corrected chi connectivity index (χ1v) is 13.4. The number of urea groups is 1. The lowest BCUT2D eigenvalue weighted by atomic mass is 9.68. The number of carbonyl (C=O) groups excluding carboxylic acids is 1. The zero-order valence-corrected chi connectivity index (χ0v) is 21.7. The standard InChI is InChI=1S/C30H41N3O2/c1-31(2)30(26-11-5-4-6-12-26)19-17-29(18-20-30)23-32(21-25-13-15-27(35-3)16-14-25)28(34)33(29)22-24-9-7-8-10-24/h4-6,11-16,24H,7-10,17-23H2,1-3H3/t29-,30-. The molecule has 2 aromatic rings. The number of nitrogens with zero attached hydrogens (tertiary/aromatic N) is 3. The molecule has 0 radical (unpaired) electrons. The Hall–Kier alpha value is -2.53. The van der Waals surface area contributed by atoms with E-state index in [1.54, 1.807) is 7.11 Å². The fourth-order valence-electron chi connectivity index (χ4n) is 6.98. The van der Waals surface area contributed by atoms with Crippen LogP contribution in [0.25, 0.3) is 0 Å². The van der Waals surface area contributed by atoms with Gasteiger partial charge in [-0.1, -0.05) is 55.3 Å². The zero-order chi connectivity index (χ0) is 24.5. The highest BCUT2D eigenvalue weighted by atomic mass is 16.5. The van der Waals surface area contributed by atoms with Gasteiger partial charge in [0.1, 0.15) is 5.75 Å². The molecule has 2 amide bonds. The molecule has 5 heteroatoms. The first kappa shape index (κ1) is 24.2. The van der Waals surface area contributed by atoms with Crippen LogP contribution < -0.4 is 4.74 Å². The van der Waals surface area contributed by atoms with Gasteiger partial charge in [0.05, 0.1) is 12.6 Å². The molecule has 1 aliphatic heterocycles. The minimum atomic E-state index is -0.0551. The number of methoxy groups -OCH3 is 1. The smallest absolute Gasteiger partial charge is 0.320 e. The van der Waals surface area contributed by atoms with E-state index in [0.29, 0.717) is 12.5 Å². The lowest BCUT2D eigenvalue weighted by Crippen LogP contribution is -2.56. The van der Waals surface area contributed by atoms with Crippen LogP contribution in [0.4, 0.5) is 4.79 Å². The number of carbonyl (C=O) groups is 1. The lowest BCUT2D eigenvalue weighted by Gasteiger charge is -2.51. The van der Waals surface area contributed by atoms with Crippen molar-refractivity contribution in [3.05, 3.63) is 65.7 Å². The molecule has 5 nitrogen and oxygen atoms in total. The molecule has 0 atom stereocenters. The Morgan fingerprint density at radius 3 is 2.20 bits per heavy atom. The van der Waals surface area contributed by atoms with Gasteiger partial charge in [-0.2, -0.15) is 0 Å². The van der Waals surface area contributed by atoms with E-state index in [4.69, 9.17) is 4.74 Å². The van der Waals surface area contributed by atoms with Crippen molar-refractivity contribution >= 4 is 6.03 Å². The minimum Gasteiger partial charge on any atom is -0.497 e. The average molecular weight is 476 g/mol. The van der Waals surface area contributed by atoms with Crippen LogP contribution >= 0.6 is 0 Å². The van der Waals surface area contributed by atoms with Crippen LogP contribution in [0.15, 0.2) is 54.6 Å². The summed E-state index contributed by atoms with van der Waals surface area (Å²) < 4.78 is 5.32. The predicted octanol–water partition coefficient (Wildman–Crippen LogP) is 5.89. The molecule has 188 valence electrons. The van der Waals surface area contributed by atoms with Gasteiger partial charge in [-0.05, 0) is 81.8 Å². The fourth-order valence-corrected chi connectivity index (χ4v) is 6.98. The van der Waals surface area contributed by atoms with Gasteiger partial charge >= 0.3 is 6.03 Å². The Bertz CT molecular complexity index is 990. The van der Waals surface area contributed by atoms with E-state index in [1.807, 2.05) is 12.1 Å². The van der Waals surface area contributed by atoms with Gasteiger partial charge in [0, 0.05) is 25.2 Å². The molecule has 0 aromatic heterocycles. The Morgan fingerprint density at radius 2 is 1.60 bits per heavy atom. The summed E-state index contributed by atoms with van der Waals surface area (Å²) >= 11 is 0. The molecule has 1 heterocycles. The van der Waals surface area contributed by atoms with Gasteiger partial charge in [0.25, 0.3) is 0 Å². The molecule has 1 saturated heterocycles. The monoisotopic (exact) mass is 475 g/mol. The van der Waals surface area contributed by atoms with Crippen molar-refractivity contribution < 1.29 is 9.53 Å². The second kappa shape index (κ2) is 9.85. The number of benzene rings is 2. The summed E-state index contributed by atoms with van der Waals surface area (Å²) in [5.41, 5.74) is 2.56. The molecule has 5 rings (SSSR count). The van der Waals surface area contributed by atoms with Gasteiger partial charge in [-0.25, -0.2) is 4.79 Å². The van der Waals surface area contributed by atoms with E-state index < -0.39 is 0 Å². The van der Waals surface area contributed by atoms with Crippen molar-refractivity contribution in [1.29, 1.82) is 0 Å². The van der Waals surface area contributed by atoms with Crippen molar-refractivity contribution in [2.24, 2.45) is 5.92 Å². The summed E-state index contributed by atoms with van der Waals surface area (Å²) in [6.45, 7) is 2.43. The van der Waals surface area contributed by atoms with Crippen LogP contribution in [-0.4, -0.2) is 60.6 Å². The Balaban J connectivity index is 1.39. The summed E-state index contributed by atoms with van der Waals surface area (Å²) in [5.74, 6) is 1.51. The second-order valence-corrected chi connectivity index (χ2v) is 11.3. The number of rotatable bonds is 7. The van der Waals surface area contributed by atoms with Crippen LogP contribution in [0.5, 0.6) is 5.75 Å². The molecule has 2 aliphatic carbocycles. The summed E-state index contributed by atoms with van der Waals surface area (Å²) in [4.78, 5) is 20.7. The maximum atomic E-state index is 13.9. The molecule has 0 N–H and O–H groups in total. The summed E-state index contributed by atoms with van der Waals surface area (Å²) in [5, 5.41) is 0. The van der Waals surface area contributed by atoms with E-state index in [9.17, 15) is 4.79 Å². The highest BCUT2D eigenvalue weighted by molar-refractivity contribution is 5.78. The van der Waals surface area contributed by atoms with Crippen molar-refractivity contribution in [3.8, 4) is 5.75 Å². The van der Waals surface area contributed by atoms with Crippen molar-refractivity contribution in [1.82, 2.24) is 14.7 Å². The Morgan fingerprint density at radius 1 is 0.943 bits per heavy atom. The maximum absolute atomic E-state index is 13.9. The van der Waals surface area contributed by atoms with Crippen LogP contribution in [0.2, 0.25) is 0 Å².